The second-order valence-electron chi connectivity index (χ2n) is 6.26. The van der Waals surface area contributed by atoms with Crippen LogP contribution in [0.15, 0.2) is 53.0 Å². The summed E-state index contributed by atoms with van der Waals surface area (Å²) in [7, 11) is 1.60. The van der Waals surface area contributed by atoms with Crippen molar-refractivity contribution in [2.45, 2.75) is 12.8 Å². The predicted molar refractivity (Wildman–Crippen MR) is 104 cm³/mol. The molecule has 6 heteroatoms. The number of amides is 2. The van der Waals surface area contributed by atoms with Crippen molar-refractivity contribution in [1.82, 2.24) is 4.90 Å². The summed E-state index contributed by atoms with van der Waals surface area (Å²) in [5.41, 5.74) is 1.41. The smallest absolute Gasteiger partial charge is 0.253 e. The maximum Gasteiger partial charge on any atom is 0.253 e. The number of methoxy groups -OCH3 is 1. The maximum absolute atomic E-state index is 12.6. The summed E-state index contributed by atoms with van der Waals surface area (Å²) in [6.07, 6.45) is 1.33. The molecule has 1 aliphatic heterocycles. The van der Waals surface area contributed by atoms with Crippen LogP contribution in [0, 0.1) is 5.92 Å². The minimum Gasteiger partial charge on any atom is -0.497 e. The summed E-state index contributed by atoms with van der Waals surface area (Å²) < 4.78 is 5.98. The van der Waals surface area contributed by atoms with Crippen LogP contribution >= 0.6 is 15.9 Å². The maximum atomic E-state index is 12.6. The van der Waals surface area contributed by atoms with Crippen molar-refractivity contribution in [1.29, 1.82) is 0 Å². The van der Waals surface area contributed by atoms with E-state index in [4.69, 9.17) is 4.74 Å². The van der Waals surface area contributed by atoms with E-state index in [2.05, 4.69) is 21.2 Å². The standard InChI is InChI=1S/C20H21BrN2O3/c1-26-16-8-6-15(7-9-16)20(25)23-12-10-14(11-13-23)19(24)22-18-5-3-2-4-17(18)21/h2-9,14H,10-13H2,1H3,(H,22,24). The number of likely N-dealkylation sites (tertiary alicyclic amines) is 1. The molecular formula is C20H21BrN2O3. The first kappa shape index (κ1) is 18.5. The Bertz CT molecular complexity index is 784. The molecular weight excluding hydrogens is 396 g/mol. The topological polar surface area (TPSA) is 58.6 Å². The lowest BCUT2D eigenvalue weighted by Crippen LogP contribution is -2.41. The van der Waals surface area contributed by atoms with Crippen molar-refractivity contribution >= 4 is 33.4 Å². The number of hydrogen-bond acceptors (Lipinski definition) is 3. The molecule has 136 valence electrons. The van der Waals surface area contributed by atoms with Gasteiger partial charge in [0.05, 0.1) is 12.8 Å². The molecule has 1 aliphatic rings. The lowest BCUT2D eigenvalue weighted by molar-refractivity contribution is -0.121. The fourth-order valence-electron chi connectivity index (χ4n) is 3.06. The Morgan fingerprint density at radius 3 is 2.35 bits per heavy atom. The third-order valence-electron chi connectivity index (χ3n) is 4.62. The summed E-state index contributed by atoms with van der Waals surface area (Å²) in [5, 5.41) is 2.97. The lowest BCUT2D eigenvalue weighted by atomic mass is 9.95. The molecule has 0 atom stereocenters. The Labute approximate surface area is 161 Å². The number of ether oxygens (including phenoxy) is 1. The fraction of sp³-hybridized carbons (Fsp3) is 0.300. The molecule has 0 saturated carbocycles. The monoisotopic (exact) mass is 416 g/mol. The van der Waals surface area contributed by atoms with E-state index in [0.29, 0.717) is 31.5 Å². The number of anilines is 1. The van der Waals surface area contributed by atoms with Crippen LogP contribution in [0.4, 0.5) is 5.69 Å². The molecule has 1 fully saturated rings. The van der Waals surface area contributed by atoms with E-state index in [1.807, 2.05) is 29.2 Å². The lowest BCUT2D eigenvalue weighted by Gasteiger charge is -2.31. The number of para-hydroxylation sites is 1. The van der Waals surface area contributed by atoms with Gasteiger partial charge < -0.3 is 15.0 Å². The van der Waals surface area contributed by atoms with Crippen molar-refractivity contribution in [2.75, 3.05) is 25.5 Å². The summed E-state index contributed by atoms with van der Waals surface area (Å²) in [6, 6.07) is 14.7. The third-order valence-corrected chi connectivity index (χ3v) is 5.31. The second kappa shape index (κ2) is 8.36. The molecule has 0 unspecified atom stereocenters. The highest BCUT2D eigenvalue weighted by molar-refractivity contribution is 9.10. The van der Waals surface area contributed by atoms with Gasteiger partial charge in [0.25, 0.3) is 5.91 Å². The van der Waals surface area contributed by atoms with Crippen molar-refractivity contribution in [3.63, 3.8) is 0 Å². The van der Waals surface area contributed by atoms with E-state index in [9.17, 15) is 9.59 Å². The quantitative estimate of drug-likeness (QED) is 0.820. The summed E-state index contributed by atoms with van der Waals surface area (Å²) in [4.78, 5) is 26.9. The van der Waals surface area contributed by atoms with Crippen LogP contribution < -0.4 is 10.1 Å². The first-order valence-electron chi connectivity index (χ1n) is 8.57. The molecule has 0 aliphatic carbocycles. The van der Waals surface area contributed by atoms with Gasteiger partial charge in [-0.3, -0.25) is 9.59 Å². The van der Waals surface area contributed by atoms with Gasteiger partial charge in [-0.2, -0.15) is 0 Å². The number of nitrogens with one attached hydrogen (secondary N) is 1. The number of hydrogen-bond donors (Lipinski definition) is 1. The largest absolute Gasteiger partial charge is 0.497 e. The normalized spacial score (nSPS) is 14.8. The molecule has 1 N–H and O–H groups in total. The molecule has 5 nitrogen and oxygen atoms in total. The number of carbonyl (C=O) groups is 2. The van der Waals surface area contributed by atoms with Gasteiger partial charge in [-0.15, -0.1) is 0 Å². The third kappa shape index (κ3) is 4.25. The number of halogens is 1. The van der Waals surface area contributed by atoms with Crippen LogP contribution in [0.3, 0.4) is 0 Å². The van der Waals surface area contributed by atoms with Crippen LogP contribution in [-0.2, 0) is 4.79 Å². The van der Waals surface area contributed by atoms with Crippen molar-refractivity contribution < 1.29 is 14.3 Å². The highest BCUT2D eigenvalue weighted by Crippen LogP contribution is 2.25. The van der Waals surface area contributed by atoms with E-state index in [1.165, 1.54) is 0 Å². The Kier molecular flexibility index (Phi) is 5.93. The number of benzene rings is 2. The zero-order chi connectivity index (χ0) is 18.5. The highest BCUT2D eigenvalue weighted by Gasteiger charge is 2.28. The Balaban J connectivity index is 1.55. The van der Waals surface area contributed by atoms with Crippen LogP contribution in [0.2, 0.25) is 0 Å². The van der Waals surface area contributed by atoms with E-state index in [-0.39, 0.29) is 17.7 Å². The van der Waals surface area contributed by atoms with Gasteiger partial charge >= 0.3 is 0 Å². The minimum atomic E-state index is -0.0815. The molecule has 2 aromatic carbocycles. The van der Waals surface area contributed by atoms with E-state index < -0.39 is 0 Å². The fourth-order valence-corrected chi connectivity index (χ4v) is 3.44. The molecule has 0 bridgehead atoms. The Morgan fingerprint density at radius 1 is 1.08 bits per heavy atom. The number of rotatable bonds is 4. The Morgan fingerprint density at radius 2 is 1.73 bits per heavy atom. The van der Waals surface area contributed by atoms with Gasteiger partial charge in [0.15, 0.2) is 0 Å². The van der Waals surface area contributed by atoms with Crippen molar-refractivity contribution in [3.05, 3.63) is 58.6 Å². The number of piperidine rings is 1. The zero-order valence-electron chi connectivity index (χ0n) is 14.6. The highest BCUT2D eigenvalue weighted by atomic mass is 79.9. The van der Waals surface area contributed by atoms with Crippen LogP contribution in [0.1, 0.15) is 23.2 Å². The van der Waals surface area contributed by atoms with Gasteiger partial charge in [-0.05, 0) is 65.2 Å². The van der Waals surface area contributed by atoms with E-state index in [0.717, 1.165) is 15.9 Å². The SMILES string of the molecule is COc1ccc(C(=O)N2CCC(C(=O)Nc3ccccc3Br)CC2)cc1. The van der Waals surface area contributed by atoms with E-state index in [1.54, 1.807) is 31.4 Å². The van der Waals surface area contributed by atoms with Gasteiger partial charge in [0, 0.05) is 29.0 Å². The molecule has 3 rings (SSSR count). The van der Waals surface area contributed by atoms with Crippen molar-refractivity contribution in [2.24, 2.45) is 5.92 Å². The van der Waals surface area contributed by atoms with Gasteiger partial charge in [-0.25, -0.2) is 0 Å². The van der Waals surface area contributed by atoms with Crippen LogP contribution in [-0.4, -0.2) is 36.9 Å². The Hall–Kier alpha value is -2.34. The molecule has 0 aromatic heterocycles. The number of carbonyl (C=O) groups excluding carboxylic acids is 2. The first-order valence-corrected chi connectivity index (χ1v) is 9.36. The van der Waals surface area contributed by atoms with Crippen molar-refractivity contribution in [3.8, 4) is 5.75 Å². The molecule has 26 heavy (non-hydrogen) atoms. The molecule has 2 amide bonds. The minimum absolute atomic E-state index is 0.00249. The number of nitrogens with zero attached hydrogens (tertiary/aromatic N) is 1. The average molecular weight is 417 g/mol. The molecule has 1 heterocycles. The predicted octanol–water partition coefficient (Wildman–Crippen LogP) is 3.95. The summed E-state index contributed by atoms with van der Waals surface area (Å²) in [5.74, 6) is 0.650. The van der Waals surface area contributed by atoms with Gasteiger partial charge in [-0.1, -0.05) is 12.1 Å². The van der Waals surface area contributed by atoms with Gasteiger partial charge in [0.2, 0.25) is 5.91 Å². The summed E-state index contributed by atoms with van der Waals surface area (Å²) in [6.45, 7) is 1.16. The second-order valence-corrected chi connectivity index (χ2v) is 7.12. The molecule has 0 spiro atoms. The first-order chi connectivity index (χ1) is 12.6. The summed E-state index contributed by atoms with van der Waals surface area (Å²) >= 11 is 3.44. The van der Waals surface area contributed by atoms with Crippen LogP contribution in [0.5, 0.6) is 5.75 Å². The molecule has 2 aromatic rings. The molecule has 0 radical (unpaired) electrons. The zero-order valence-corrected chi connectivity index (χ0v) is 16.2. The van der Waals surface area contributed by atoms with Crippen LogP contribution in [0.25, 0.3) is 0 Å². The van der Waals surface area contributed by atoms with E-state index >= 15 is 0 Å². The van der Waals surface area contributed by atoms with Gasteiger partial charge in [0.1, 0.15) is 5.75 Å². The average Bonchev–Trinajstić information content (AvgIpc) is 2.69. The molecule has 1 saturated heterocycles.